The Labute approximate surface area is 175 Å². The highest BCUT2D eigenvalue weighted by Crippen LogP contribution is 2.39. The summed E-state index contributed by atoms with van der Waals surface area (Å²) in [6.45, 7) is 0. The summed E-state index contributed by atoms with van der Waals surface area (Å²) in [6, 6.07) is 8.56. The second-order valence-electron chi connectivity index (χ2n) is 6.47. The average Bonchev–Trinajstić information content (AvgIpc) is 2.65. The lowest BCUT2D eigenvalue weighted by Crippen LogP contribution is -2.30. The van der Waals surface area contributed by atoms with Crippen molar-refractivity contribution >= 4 is 29.3 Å². The highest BCUT2D eigenvalue weighted by molar-refractivity contribution is 7.99. The van der Waals surface area contributed by atoms with Gasteiger partial charge in [0.1, 0.15) is 11.9 Å². The molecule has 2 atom stereocenters. The maximum Gasteiger partial charge on any atom is 0.395 e. The number of hydrogen-bond donors (Lipinski definition) is 2. The Bertz CT molecular complexity index is 830. The van der Waals surface area contributed by atoms with Gasteiger partial charge >= 0.3 is 12.1 Å². The lowest BCUT2D eigenvalue weighted by atomic mass is 9.93. The largest absolute Gasteiger partial charge is 0.480 e. The number of carbonyl (C=O) groups is 1. The third-order valence-corrected chi connectivity index (χ3v) is 5.77. The first-order chi connectivity index (χ1) is 13.6. The molecule has 0 spiro atoms. The molecule has 158 valence electrons. The van der Waals surface area contributed by atoms with Gasteiger partial charge in [0.2, 0.25) is 0 Å². The minimum absolute atomic E-state index is 0.108. The minimum Gasteiger partial charge on any atom is -0.480 e. The van der Waals surface area contributed by atoms with Crippen molar-refractivity contribution in [1.82, 2.24) is 0 Å². The van der Waals surface area contributed by atoms with Crippen molar-refractivity contribution in [3.63, 3.8) is 0 Å². The van der Waals surface area contributed by atoms with Gasteiger partial charge < -0.3 is 10.8 Å². The van der Waals surface area contributed by atoms with Gasteiger partial charge in [-0.1, -0.05) is 35.9 Å². The molecule has 9 heteroatoms. The van der Waals surface area contributed by atoms with Crippen LogP contribution in [-0.4, -0.2) is 34.8 Å². The van der Waals surface area contributed by atoms with Crippen LogP contribution >= 0.6 is 23.4 Å². The number of halogens is 5. The van der Waals surface area contributed by atoms with Crippen LogP contribution in [0.2, 0.25) is 5.02 Å². The van der Waals surface area contributed by atoms with Gasteiger partial charge in [-0.15, -0.1) is 0 Å². The number of thioether (sulfide) groups is 1. The van der Waals surface area contributed by atoms with Crippen molar-refractivity contribution in [1.29, 1.82) is 0 Å². The van der Waals surface area contributed by atoms with Crippen LogP contribution in [0.5, 0.6) is 0 Å². The van der Waals surface area contributed by atoms with Crippen LogP contribution in [0, 0.1) is 5.82 Å². The van der Waals surface area contributed by atoms with Crippen LogP contribution in [0.3, 0.4) is 0 Å². The van der Waals surface area contributed by atoms with Crippen LogP contribution < -0.4 is 5.73 Å². The van der Waals surface area contributed by atoms with Gasteiger partial charge in [0.05, 0.1) is 5.92 Å². The fourth-order valence-electron chi connectivity index (χ4n) is 2.77. The first kappa shape index (κ1) is 23.5. The van der Waals surface area contributed by atoms with Crippen LogP contribution in [0.1, 0.15) is 24.3 Å². The van der Waals surface area contributed by atoms with E-state index in [0.29, 0.717) is 21.9 Å². The third kappa shape index (κ3) is 6.90. The van der Waals surface area contributed by atoms with E-state index >= 15 is 0 Å². The molecule has 0 amide bonds. The topological polar surface area (TPSA) is 63.3 Å². The van der Waals surface area contributed by atoms with Gasteiger partial charge in [-0.05, 0) is 53.7 Å². The molecule has 0 heterocycles. The molecule has 3 nitrogen and oxygen atoms in total. The van der Waals surface area contributed by atoms with E-state index in [1.807, 2.05) is 0 Å². The molecule has 2 aromatic carbocycles. The number of benzene rings is 2. The molecule has 0 aliphatic rings. The van der Waals surface area contributed by atoms with Crippen LogP contribution in [0.4, 0.5) is 17.6 Å². The Morgan fingerprint density at radius 3 is 2.31 bits per heavy atom. The maximum absolute atomic E-state index is 13.5. The van der Waals surface area contributed by atoms with E-state index in [0.717, 1.165) is 0 Å². The average molecular weight is 450 g/mol. The Morgan fingerprint density at radius 2 is 1.72 bits per heavy atom. The van der Waals surface area contributed by atoms with E-state index in [2.05, 4.69) is 0 Å². The Hall–Kier alpha value is -1.77. The van der Waals surface area contributed by atoms with E-state index in [9.17, 15) is 22.4 Å². The third-order valence-electron chi connectivity index (χ3n) is 4.39. The molecular formula is C20H20ClF4NO2S. The standard InChI is InChI=1S/C20H20ClF4NO2S/c21-17-6-5-14(22)11-15(17)12-1-3-13(4-2-12)16(20(23,24)25)7-9-29-10-8-18(26)19(27)28/h1-6,11,16,18H,7-10,26H2,(H,27,28). The molecule has 0 fully saturated rings. The molecule has 29 heavy (non-hydrogen) atoms. The molecule has 0 aromatic heterocycles. The monoisotopic (exact) mass is 449 g/mol. The van der Waals surface area contributed by atoms with Gasteiger partial charge in [0, 0.05) is 10.6 Å². The summed E-state index contributed by atoms with van der Waals surface area (Å²) in [6.07, 6.45) is -4.37. The Balaban J connectivity index is 2.05. The zero-order valence-corrected chi connectivity index (χ0v) is 16.8. The van der Waals surface area contributed by atoms with Crippen molar-refractivity contribution in [2.24, 2.45) is 5.73 Å². The zero-order valence-electron chi connectivity index (χ0n) is 15.3. The summed E-state index contributed by atoms with van der Waals surface area (Å²) in [5.41, 5.74) is 6.42. The second kappa shape index (κ2) is 10.3. The molecule has 2 aromatic rings. The predicted molar refractivity (Wildman–Crippen MR) is 108 cm³/mol. The highest BCUT2D eigenvalue weighted by atomic mass is 35.5. The number of rotatable bonds is 9. The summed E-state index contributed by atoms with van der Waals surface area (Å²) in [7, 11) is 0. The first-order valence-electron chi connectivity index (χ1n) is 8.78. The minimum atomic E-state index is -4.42. The van der Waals surface area contributed by atoms with Gasteiger partial charge in [0.25, 0.3) is 0 Å². The molecule has 0 saturated heterocycles. The number of carboxylic acids is 1. The smallest absolute Gasteiger partial charge is 0.395 e. The van der Waals surface area contributed by atoms with Crippen LogP contribution in [0.15, 0.2) is 42.5 Å². The first-order valence-corrected chi connectivity index (χ1v) is 10.3. The summed E-state index contributed by atoms with van der Waals surface area (Å²) >= 11 is 7.29. The number of aliphatic carboxylic acids is 1. The number of carboxylic acid groups (broad SMARTS) is 1. The fourth-order valence-corrected chi connectivity index (χ4v) is 4.02. The lowest BCUT2D eigenvalue weighted by Gasteiger charge is -2.21. The van der Waals surface area contributed by atoms with Gasteiger partial charge in [0.15, 0.2) is 0 Å². The molecule has 2 unspecified atom stereocenters. The number of alkyl halides is 3. The van der Waals surface area contributed by atoms with E-state index < -0.39 is 29.9 Å². The van der Waals surface area contributed by atoms with Crippen molar-refractivity contribution < 1.29 is 27.5 Å². The van der Waals surface area contributed by atoms with Gasteiger partial charge in [-0.25, -0.2) is 4.39 Å². The molecule has 3 N–H and O–H groups in total. The summed E-state index contributed by atoms with van der Waals surface area (Å²) in [5, 5.41) is 9.01. The van der Waals surface area contributed by atoms with E-state index in [-0.39, 0.29) is 24.2 Å². The van der Waals surface area contributed by atoms with Crippen molar-refractivity contribution in [3.05, 3.63) is 58.9 Å². The molecule has 0 radical (unpaired) electrons. The number of hydrogen-bond acceptors (Lipinski definition) is 3. The predicted octanol–water partition coefficient (Wildman–Crippen LogP) is 5.72. The van der Waals surface area contributed by atoms with Crippen molar-refractivity contribution in [3.8, 4) is 11.1 Å². The second-order valence-corrected chi connectivity index (χ2v) is 8.11. The molecule has 0 bridgehead atoms. The van der Waals surface area contributed by atoms with Crippen molar-refractivity contribution in [2.45, 2.75) is 31.0 Å². The normalized spacial score (nSPS) is 13.9. The van der Waals surface area contributed by atoms with Crippen LogP contribution in [0.25, 0.3) is 11.1 Å². The summed E-state index contributed by atoms with van der Waals surface area (Å²) in [5.74, 6) is -2.68. The summed E-state index contributed by atoms with van der Waals surface area (Å²) < 4.78 is 54.0. The molecule has 2 rings (SSSR count). The van der Waals surface area contributed by atoms with Crippen molar-refractivity contribution in [2.75, 3.05) is 11.5 Å². The Kier molecular flexibility index (Phi) is 8.36. The van der Waals surface area contributed by atoms with Gasteiger partial charge in [-0.2, -0.15) is 24.9 Å². The summed E-state index contributed by atoms with van der Waals surface area (Å²) in [4.78, 5) is 10.6. The maximum atomic E-state index is 13.5. The van der Waals surface area contributed by atoms with E-state index in [1.165, 1.54) is 54.2 Å². The highest BCUT2D eigenvalue weighted by Gasteiger charge is 2.40. The van der Waals surface area contributed by atoms with E-state index in [4.69, 9.17) is 22.4 Å². The van der Waals surface area contributed by atoms with Crippen LogP contribution in [-0.2, 0) is 4.79 Å². The molecule has 0 aliphatic carbocycles. The van der Waals surface area contributed by atoms with Gasteiger partial charge in [-0.3, -0.25) is 4.79 Å². The molecular weight excluding hydrogens is 430 g/mol. The quantitative estimate of drug-likeness (QED) is 0.380. The van der Waals surface area contributed by atoms with E-state index in [1.54, 1.807) is 0 Å². The number of nitrogens with two attached hydrogens (primary N) is 1. The molecule has 0 saturated carbocycles. The lowest BCUT2D eigenvalue weighted by molar-refractivity contribution is -0.150. The molecule has 0 aliphatic heterocycles. The SMILES string of the molecule is NC(CCSCCC(c1ccc(-c2cc(F)ccc2Cl)cc1)C(F)(F)F)C(=O)O. The fraction of sp³-hybridized carbons (Fsp3) is 0.350. The Morgan fingerprint density at radius 1 is 1.10 bits per heavy atom. The zero-order chi connectivity index (χ0) is 21.6.